The molecule has 3 heteroatoms. The van der Waals surface area contributed by atoms with Crippen molar-refractivity contribution in [2.45, 2.75) is 163 Å². The normalized spacial score (nSPS) is 43.3. The number of aliphatic hydroxyl groups excluding tert-OH is 1. The van der Waals surface area contributed by atoms with Crippen LogP contribution in [-0.4, -0.2) is 29.2 Å². The van der Waals surface area contributed by atoms with Gasteiger partial charge in [0.1, 0.15) is 0 Å². The lowest BCUT2D eigenvalue weighted by atomic mass is 9.45. The molecule has 1 aromatic carbocycles. The van der Waals surface area contributed by atoms with Crippen LogP contribution >= 0.6 is 0 Å². The maximum Gasteiger partial charge on any atom is 0.155 e. The van der Waals surface area contributed by atoms with Gasteiger partial charge < -0.3 is 9.84 Å². The summed E-state index contributed by atoms with van der Waals surface area (Å²) in [4.78, 5) is 12.4. The minimum Gasteiger partial charge on any atom is -0.393 e. The second kappa shape index (κ2) is 12.1. The number of fused-ring (bicyclic) bond motifs is 8. The zero-order chi connectivity index (χ0) is 33.5. The van der Waals surface area contributed by atoms with E-state index < -0.39 is 0 Å². The number of aliphatic hydroxyl groups is 1. The number of hydrogen-bond donors (Lipinski definition) is 1. The van der Waals surface area contributed by atoms with E-state index in [0.717, 1.165) is 37.0 Å². The lowest BCUT2D eigenvalue weighted by Crippen LogP contribution is -2.57. The monoisotopic (exact) mass is 643 g/mol. The number of carbonyl (C=O) groups excluding carboxylic acids is 1. The van der Waals surface area contributed by atoms with Crippen molar-refractivity contribution in [2.24, 2.45) is 57.7 Å². The Bertz CT molecular complexity index is 1370. The first kappa shape index (κ1) is 34.0. The van der Waals surface area contributed by atoms with Crippen molar-refractivity contribution >= 4 is 5.78 Å². The zero-order valence-corrected chi connectivity index (χ0v) is 31.1. The maximum atomic E-state index is 12.4. The highest BCUT2D eigenvalue weighted by atomic mass is 16.5. The van der Waals surface area contributed by atoms with Gasteiger partial charge in [-0.15, -0.1) is 0 Å². The van der Waals surface area contributed by atoms with E-state index in [-0.39, 0.29) is 34.6 Å². The standard InChI is InChI=1S/C44H66O3/c1-27(45)25-28(2)47-40(38-21-24-44(8)35-12-10-9-11-30(35)13-18-39(44)41(38,4)5)29(3)34-16-17-36-33-15-14-31-26-32(46)19-22-42(31,6)37(33)20-23-43(34,36)7/h9-12,26-29,33-34,36-40,45H,13-25H2,1-8H3/t27-,28-,29+,33+,34-,36+,37+,38+,39-,40-,42+,43-,44+/m1/s1. The van der Waals surface area contributed by atoms with Crippen LogP contribution in [0.3, 0.4) is 0 Å². The summed E-state index contributed by atoms with van der Waals surface area (Å²) in [5.74, 6) is 5.01. The number of allylic oxidation sites excluding steroid dienone is 1. The van der Waals surface area contributed by atoms with Crippen molar-refractivity contribution < 1.29 is 14.6 Å². The van der Waals surface area contributed by atoms with Crippen LogP contribution in [0.15, 0.2) is 35.9 Å². The molecule has 0 unspecified atom stereocenters. The van der Waals surface area contributed by atoms with E-state index >= 15 is 0 Å². The fraction of sp³-hybridized carbons (Fsp3) is 0.795. The summed E-state index contributed by atoms with van der Waals surface area (Å²) >= 11 is 0. The summed E-state index contributed by atoms with van der Waals surface area (Å²) in [6.45, 7) is 19.7. The Kier molecular flexibility index (Phi) is 8.76. The first-order valence-corrected chi connectivity index (χ1v) is 19.9. The molecule has 1 N–H and O–H groups in total. The van der Waals surface area contributed by atoms with Crippen LogP contribution in [-0.2, 0) is 21.4 Å². The molecule has 3 nitrogen and oxygen atoms in total. The number of hydrogen-bond acceptors (Lipinski definition) is 3. The molecule has 0 radical (unpaired) electrons. The number of rotatable bonds is 7. The van der Waals surface area contributed by atoms with Gasteiger partial charge in [0.2, 0.25) is 0 Å². The van der Waals surface area contributed by atoms with Crippen LogP contribution in [0.4, 0.5) is 0 Å². The molecule has 0 spiro atoms. The van der Waals surface area contributed by atoms with Crippen molar-refractivity contribution in [2.75, 3.05) is 0 Å². The second-order valence-electron chi connectivity index (χ2n) is 19.2. The minimum atomic E-state index is -0.344. The molecule has 0 heterocycles. The third-order valence-electron chi connectivity index (χ3n) is 16.6. The lowest BCUT2D eigenvalue weighted by Gasteiger charge is -2.61. The predicted octanol–water partition coefficient (Wildman–Crippen LogP) is 10.3. The van der Waals surface area contributed by atoms with Crippen LogP contribution in [0.25, 0.3) is 0 Å². The summed E-state index contributed by atoms with van der Waals surface area (Å²) in [7, 11) is 0. The highest BCUT2D eigenvalue weighted by Gasteiger charge is 2.62. The summed E-state index contributed by atoms with van der Waals surface area (Å²) in [6, 6.07) is 9.31. The molecule has 13 atom stereocenters. The van der Waals surface area contributed by atoms with Gasteiger partial charge in [-0.25, -0.2) is 0 Å². The first-order chi connectivity index (χ1) is 22.2. The van der Waals surface area contributed by atoms with Crippen molar-refractivity contribution in [3.63, 3.8) is 0 Å². The number of carbonyl (C=O) groups is 1. The molecule has 4 fully saturated rings. The molecule has 6 aliphatic rings. The van der Waals surface area contributed by atoms with E-state index in [1.54, 1.807) is 11.1 Å². The van der Waals surface area contributed by atoms with Gasteiger partial charge in [-0.3, -0.25) is 4.79 Å². The van der Waals surface area contributed by atoms with Crippen LogP contribution in [0.2, 0.25) is 0 Å². The van der Waals surface area contributed by atoms with Gasteiger partial charge in [0, 0.05) is 6.42 Å². The summed E-state index contributed by atoms with van der Waals surface area (Å²) in [5, 5.41) is 10.4. The zero-order valence-electron chi connectivity index (χ0n) is 31.1. The average molecular weight is 643 g/mol. The van der Waals surface area contributed by atoms with Gasteiger partial charge in [-0.1, -0.05) is 71.4 Å². The van der Waals surface area contributed by atoms with Crippen molar-refractivity contribution in [3.05, 3.63) is 47.0 Å². The minimum absolute atomic E-state index is 0.0527. The molecular weight excluding hydrogens is 576 g/mol. The molecule has 7 rings (SSSR count). The Morgan fingerprint density at radius 1 is 0.809 bits per heavy atom. The van der Waals surface area contributed by atoms with Crippen LogP contribution in [0.5, 0.6) is 0 Å². The third kappa shape index (κ3) is 5.37. The Hall–Kier alpha value is -1.45. The third-order valence-corrected chi connectivity index (χ3v) is 16.6. The molecular formula is C44H66O3. The second-order valence-corrected chi connectivity index (χ2v) is 19.2. The lowest BCUT2D eigenvalue weighted by molar-refractivity contribution is -0.157. The Labute approximate surface area is 287 Å². The van der Waals surface area contributed by atoms with E-state index in [2.05, 4.69) is 78.8 Å². The fourth-order valence-corrected chi connectivity index (χ4v) is 14.4. The SMILES string of the molecule is C[C@H]([C@@H](O[C@H](C)C[C@@H](C)O)[C@@H]1CC[C@@]2(C)c3ccccc3CC[C@@H]2C1(C)C)[C@H]1CC[C@H]2[C@@H]3CCC4=CC(=O)CC[C@]4(C)[C@H]3CC[C@]12C. The van der Waals surface area contributed by atoms with Gasteiger partial charge in [0.25, 0.3) is 0 Å². The number of ketones is 1. The average Bonchev–Trinajstić information content (AvgIpc) is 3.37. The molecule has 0 aromatic heterocycles. The van der Waals surface area contributed by atoms with Crippen molar-refractivity contribution in [3.8, 4) is 0 Å². The molecule has 4 saturated carbocycles. The fourth-order valence-electron chi connectivity index (χ4n) is 14.4. The predicted molar refractivity (Wildman–Crippen MR) is 192 cm³/mol. The number of aryl methyl sites for hydroxylation is 1. The first-order valence-electron chi connectivity index (χ1n) is 19.9. The molecule has 0 saturated heterocycles. The van der Waals surface area contributed by atoms with E-state index in [9.17, 15) is 9.90 Å². The number of ether oxygens (including phenoxy) is 1. The highest BCUT2D eigenvalue weighted by molar-refractivity contribution is 5.91. The molecule has 260 valence electrons. The van der Waals surface area contributed by atoms with Crippen molar-refractivity contribution in [1.29, 1.82) is 0 Å². The molecule has 6 aliphatic carbocycles. The smallest absolute Gasteiger partial charge is 0.155 e. The summed E-state index contributed by atoms with van der Waals surface area (Å²) in [5.41, 5.74) is 5.66. The van der Waals surface area contributed by atoms with E-state index in [0.29, 0.717) is 41.3 Å². The van der Waals surface area contributed by atoms with E-state index in [1.807, 2.05) is 6.92 Å². The van der Waals surface area contributed by atoms with Gasteiger partial charge in [0.05, 0.1) is 18.3 Å². The van der Waals surface area contributed by atoms with E-state index in [4.69, 9.17) is 4.74 Å². The Morgan fingerprint density at radius 2 is 1.57 bits per heavy atom. The van der Waals surface area contributed by atoms with Crippen molar-refractivity contribution in [1.82, 2.24) is 0 Å². The molecule has 47 heavy (non-hydrogen) atoms. The summed E-state index contributed by atoms with van der Waals surface area (Å²) < 4.78 is 7.32. The van der Waals surface area contributed by atoms with Crippen LogP contribution in [0, 0.1) is 57.7 Å². The molecule has 0 aliphatic heterocycles. The largest absolute Gasteiger partial charge is 0.393 e. The Balaban J connectivity index is 1.17. The quantitative estimate of drug-likeness (QED) is 0.322. The van der Waals surface area contributed by atoms with Crippen LogP contribution < -0.4 is 0 Å². The molecule has 0 amide bonds. The maximum absolute atomic E-state index is 12.4. The van der Waals surface area contributed by atoms with Gasteiger partial charge in [0.15, 0.2) is 5.78 Å². The highest BCUT2D eigenvalue weighted by Crippen LogP contribution is 2.69. The summed E-state index contributed by atoms with van der Waals surface area (Å²) in [6.07, 6.45) is 17.2. The van der Waals surface area contributed by atoms with E-state index in [1.165, 1.54) is 63.4 Å². The van der Waals surface area contributed by atoms with Crippen LogP contribution in [0.1, 0.15) is 144 Å². The Morgan fingerprint density at radius 3 is 2.34 bits per heavy atom. The number of benzene rings is 1. The van der Waals surface area contributed by atoms with Gasteiger partial charge in [-0.05, 0) is 171 Å². The molecule has 0 bridgehead atoms. The topological polar surface area (TPSA) is 46.5 Å². The molecule has 1 aromatic rings. The van der Waals surface area contributed by atoms with Gasteiger partial charge in [-0.2, -0.15) is 0 Å². The van der Waals surface area contributed by atoms with Gasteiger partial charge >= 0.3 is 0 Å².